The van der Waals surface area contributed by atoms with Crippen molar-refractivity contribution in [2.24, 2.45) is 0 Å². The quantitative estimate of drug-likeness (QED) is 0.169. The predicted octanol–water partition coefficient (Wildman–Crippen LogP) is 3.64. The highest BCUT2D eigenvalue weighted by molar-refractivity contribution is 5.90. The number of para-hydroxylation sites is 1. The zero-order valence-electron chi connectivity index (χ0n) is 20.8. The Morgan fingerprint density at radius 3 is 2.78 bits per heavy atom. The molecule has 1 unspecified atom stereocenters. The van der Waals surface area contributed by atoms with Gasteiger partial charge in [0.15, 0.2) is 0 Å². The average Bonchev–Trinajstić information content (AvgIpc) is 3.60. The summed E-state index contributed by atoms with van der Waals surface area (Å²) in [4.78, 5) is 28.9. The van der Waals surface area contributed by atoms with E-state index in [2.05, 4.69) is 33.5 Å². The summed E-state index contributed by atoms with van der Waals surface area (Å²) in [5.74, 6) is -0.577. The fraction of sp³-hybridized carbons (Fsp3) is 0.357. The van der Waals surface area contributed by atoms with Crippen LogP contribution in [0.15, 0.2) is 60.8 Å². The van der Waals surface area contributed by atoms with E-state index in [0.717, 1.165) is 49.1 Å². The van der Waals surface area contributed by atoms with Gasteiger partial charge >= 0.3 is 6.09 Å². The number of nitrogens with zero attached hydrogens (tertiary/aromatic N) is 1. The van der Waals surface area contributed by atoms with Crippen molar-refractivity contribution in [3.8, 4) is 0 Å². The molecule has 9 nitrogen and oxygen atoms in total. The Labute approximate surface area is 216 Å². The normalized spacial score (nSPS) is 15.5. The van der Waals surface area contributed by atoms with Gasteiger partial charge in [0, 0.05) is 56.0 Å². The fourth-order valence-corrected chi connectivity index (χ4v) is 4.41. The number of hydrogen-bond donors (Lipinski definition) is 4. The maximum atomic E-state index is 12.1. The number of hydroxylamine groups is 1. The lowest BCUT2D eigenvalue weighted by Crippen LogP contribution is -2.35. The van der Waals surface area contributed by atoms with Crippen LogP contribution >= 0.6 is 0 Å². The topological polar surface area (TPSA) is 116 Å². The first-order chi connectivity index (χ1) is 18.1. The van der Waals surface area contributed by atoms with E-state index < -0.39 is 12.0 Å². The Balaban J connectivity index is 1.33. The molecule has 1 aliphatic heterocycles. The molecular formula is C28H34N4O5. The van der Waals surface area contributed by atoms with Crippen molar-refractivity contribution in [1.29, 1.82) is 0 Å². The molecule has 9 heteroatoms. The van der Waals surface area contributed by atoms with E-state index in [1.165, 1.54) is 17.0 Å². The molecule has 0 bridgehead atoms. The number of H-pyrrole nitrogens is 1. The lowest BCUT2D eigenvalue weighted by atomic mass is 10.1. The van der Waals surface area contributed by atoms with Gasteiger partial charge in [-0.3, -0.25) is 14.9 Å². The molecule has 0 radical (unpaired) electrons. The molecule has 0 saturated carbocycles. The number of fused-ring (bicyclic) bond motifs is 1. The summed E-state index contributed by atoms with van der Waals surface area (Å²) in [6, 6.07) is 16.1. The van der Waals surface area contributed by atoms with Crippen molar-refractivity contribution in [2.75, 3.05) is 32.8 Å². The Kier molecular flexibility index (Phi) is 9.70. The third-order valence-electron chi connectivity index (χ3n) is 6.43. The van der Waals surface area contributed by atoms with E-state index in [1.807, 2.05) is 36.4 Å². The van der Waals surface area contributed by atoms with Crippen LogP contribution in [0, 0.1) is 0 Å². The van der Waals surface area contributed by atoms with Crippen LogP contribution < -0.4 is 10.8 Å². The van der Waals surface area contributed by atoms with Crippen molar-refractivity contribution in [3.63, 3.8) is 0 Å². The second kappa shape index (κ2) is 13.6. The standard InChI is InChI=1S/C28H34N4O5/c33-27(31-35)12-11-21-7-9-22(10-8-21)20-32(14-13-23-18-29-26-6-2-1-5-25(23)26)15-17-37-28(34)30-19-24-4-3-16-36-24/h1-2,5-12,18,24,29,35H,3-4,13-17,19-20H2,(H,30,34)(H,31,33)/b12-11+. The number of carbonyl (C=O) groups is 2. The highest BCUT2D eigenvalue weighted by Gasteiger charge is 2.17. The fourth-order valence-electron chi connectivity index (χ4n) is 4.41. The highest BCUT2D eigenvalue weighted by Crippen LogP contribution is 2.19. The lowest BCUT2D eigenvalue weighted by molar-refractivity contribution is -0.124. The number of benzene rings is 2. The number of alkyl carbamates (subject to hydrolysis) is 1. The highest BCUT2D eigenvalue weighted by atomic mass is 16.5. The monoisotopic (exact) mass is 506 g/mol. The summed E-state index contributed by atoms with van der Waals surface area (Å²) in [7, 11) is 0. The van der Waals surface area contributed by atoms with E-state index in [9.17, 15) is 9.59 Å². The van der Waals surface area contributed by atoms with Crippen molar-refractivity contribution < 1.29 is 24.3 Å². The number of carbonyl (C=O) groups excluding carboxylic acids is 2. The van der Waals surface area contributed by atoms with Crippen molar-refractivity contribution in [2.45, 2.75) is 31.9 Å². The van der Waals surface area contributed by atoms with Gasteiger partial charge in [0.05, 0.1) is 6.10 Å². The maximum absolute atomic E-state index is 12.1. The second-order valence-electron chi connectivity index (χ2n) is 9.09. The molecule has 196 valence electrons. The van der Waals surface area contributed by atoms with E-state index in [-0.39, 0.29) is 12.7 Å². The van der Waals surface area contributed by atoms with Gasteiger partial charge in [-0.05, 0) is 48.1 Å². The van der Waals surface area contributed by atoms with Gasteiger partial charge in [0.2, 0.25) is 0 Å². The van der Waals surface area contributed by atoms with Crippen LogP contribution in [0.4, 0.5) is 4.79 Å². The molecule has 4 N–H and O–H groups in total. The van der Waals surface area contributed by atoms with E-state index >= 15 is 0 Å². The summed E-state index contributed by atoms with van der Waals surface area (Å²) in [5.41, 5.74) is 5.90. The molecule has 1 atom stereocenters. The first kappa shape index (κ1) is 26.4. The van der Waals surface area contributed by atoms with Gasteiger partial charge in [0.25, 0.3) is 5.91 Å². The van der Waals surface area contributed by atoms with Crippen LogP contribution in [0.3, 0.4) is 0 Å². The molecule has 1 fully saturated rings. The van der Waals surface area contributed by atoms with Gasteiger partial charge < -0.3 is 19.8 Å². The number of aromatic amines is 1. The zero-order chi connectivity index (χ0) is 25.9. The first-order valence-corrected chi connectivity index (χ1v) is 12.6. The average molecular weight is 507 g/mol. The molecule has 0 aliphatic carbocycles. The maximum Gasteiger partial charge on any atom is 0.407 e. The molecule has 2 heterocycles. The molecule has 2 amide bonds. The molecule has 37 heavy (non-hydrogen) atoms. The third kappa shape index (κ3) is 8.18. The molecule has 1 aliphatic rings. The molecule has 2 aromatic carbocycles. The Morgan fingerprint density at radius 1 is 1.16 bits per heavy atom. The van der Waals surface area contributed by atoms with Gasteiger partial charge in [-0.1, -0.05) is 42.5 Å². The lowest BCUT2D eigenvalue weighted by Gasteiger charge is -2.22. The number of ether oxygens (including phenoxy) is 2. The summed E-state index contributed by atoms with van der Waals surface area (Å²) in [6.45, 7) is 3.58. The minimum Gasteiger partial charge on any atom is -0.448 e. The number of nitrogens with one attached hydrogen (secondary N) is 3. The van der Waals surface area contributed by atoms with E-state index in [1.54, 1.807) is 11.6 Å². The van der Waals surface area contributed by atoms with Crippen molar-refractivity contribution in [3.05, 3.63) is 77.5 Å². The first-order valence-electron chi connectivity index (χ1n) is 12.6. The third-order valence-corrected chi connectivity index (χ3v) is 6.43. The van der Waals surface area contributed by atoms with Crippen LogP contribution in [0.1, 0.15) is 29.5 Å². The summed E-state index contributed by atoms with van der Waals surface area (Å²) < 4.78 is 11.0. The van der Waals surface area contributed by atoms with Crippen LogP contribution in [0.25, 0.3) is 17.0 Å². The minimum absolute atomic E-state index is 0.0797. The van der Waals surface area contributed by atoms with Gasteiger partial charge in [0.1, 0.15) is 6.61 Å². The van der Waals surface area contributed by atoms with Gasteiger partial charge in [-0.25, -0.2) is 10.3 Å². The van der Waals surface area contributed by atoms with E-state index in [4.69, 9.17) is 14.7 Å². The number of rotatable bonds is 12. The molecule has 1 saturated heterocycles. The van der Waals surface area contributed by atoms with E-state index in [0.29, 0.717) is 19.6 Å². The van der Waals surface area contributed by atoms with Crippen LogP contribution in [-0.4, -0.2) is 66.0 Å². The van der Waals surface area contributed by atoms with Gasteiger partial charge in [-0.15, -0.1) is 0 Å². The second-order valence-corrected chi connectivity index (χ2v) is 9.09. The number of aromatic nitrogens is 1. The predicted molar refractivity (Wildman–Crippen MR) is 141 cm³/mol. The summed E-state index contributed by atoms with van der Waals surface area (Å²) in [5, 5.41) is 12.6. The van der Waals surface area contributed by atoms with Crippen molar-refractivity contribution in [1.82, 2.24) is 20.7 Å². The summed E-state index contributed by atoms with van der Waals surface area (Å²) in [6.07, 6.45) is 7.46. The molecular weight excluding hydrogens is 472 g/mol. The van der Waals surface area contributed by atoms with Crippen LogP contribution in [0.2, 0.25) is 0 Å². The molecule has 1 aromatic heterocycles. The largest absolute Gasteiger partial charge is 0.448 e. The number of amides is 2. The number of hydrogen-bond acceptors (Lipinski definition) is 6. The SMILES string of the molecule is O=C(/C=C/c1ccc(CN(CCOC(=O)NCC2CCCO2)CCc2c[nH]c3ccccc23)cc1)NO. The van der Waals surface area contributed by atoms with Crippen LogP contribution in [-0.2, 0) is 27.2 Å². The summed E-state index contributed by atoms with van der Waals surface area (Å²) >= 11 is 0. The Hall–Kier alpha value is -3.66. The molecule has 3 aromatic rings. The molecule has 4 rings (SSSR count). The smallest absolute Gasteiger partial charge is 0.407 e. The van der Waals surface area contributed by atoms with Gasteiger partial charge in [-0.2, -0.15) is 0 Å². The van der Waals surface area contributed by atoms with Crippen molar-refractivity contribution >= 4 is 29.0 Å². The minimum atomic E-state index is -0.577. The van der Waals surface area contributed by atoms with Crippen LogP contribution in [0.5, 0.6) is 0 Å². The zero-order valence-corrected chi connectivity index (χ0v) is 20.8. The molecule has 0 spiro atoms. The Morgan fingerprint density at radius 2 is 2.00 bits per heavy atom. The Bertz CT molecular complexity index is 1180.